The summed E-state index contributed by atoms with van der Waals surface area (Å²) in [5.41, 5.74) is 7.42. The molecule has 0 radical (unpaired) electrons. The molecule has 170 valence electrons. The molecule has 2 nitrogen and oxygen atoms in total. The van der Waals surface area contributed by atoms with E-state index in [9.17, 15) is 0 Å². The molecule has 7 aromatic rings. The van der Waals surface area contributed by atoms with Crippen molar-refractivity contribution in [2.45, 2.75) is 0 Å². The number of anilines is 3. The molecule has 2 heteroatoms. The zero-order chi connectivity index (χ0) is 23.9. The first-order valence-electron chi connectivity index (χ1n) is 12.2. The molecule has 0 aliphatic rings. The van der Waals surface area contributed by atoms with Gasteiger partial charge in [0.05, 0.1) is 11.1 Å². The van der Waals surface area contributed by atoms with Crippen LogP contribution in [-0.2, 0) is 0 Å². The van der Waals surface area contributed by atoms with Crippen molar-refractivity contribution in [1.82, 2.24) is 0 Å². The van der Waals surface area contributed by atoms with Crippen LogP contribution in [0, 0.1) is 0 Å². The van der Waals surface area contributed by atoms with E-state index in [1.54, 1.807) is 0 Å². The Kier molecular flexibility index (Phi) is 4.82. The molecule has 0 aliphatic heterocycles. The minimum atomic E-state index is 0.881. The van der Waals surface area contributed by atoms with Gasteiger partial charge in [0.25, 0.3) is 0 Å². The fourth-order valence-corrected chi connectivity index (χ4v) is 5.18. The SMILES string of the molecule is c1ccc(-c2ccc3oc4cc5ccccc5cc4c3c2N(c2ccccc2)c2ccccc2)cc1. The van der Waals surface area contributed by atoms with E-state index in [4.69, 9.17) is 4.42 Å². The van der Waals surface area contributed by atoms with Crippen LogP contribution in [0.3, 0.4) is 0 Å². The van der Waals surface area contributed by atoms with E-state index in [-0.39, 0.29) is 0 Å². The maximum atomic E-state index is 6.49. The van der Waals surface area contributed by atoms with Crippen molar-refractivity contribution in [3.05, 3.63) is 140 Å². The van der Waals surface area contributed by atoms with Crippen LogP contribution in [0.2, 0.25) is 0 Å². The summed E-state index contributed by atoms with van der Waals surface area (Å²) in [6, 6.07) is 49.0. The van der Waals surface area contributed by atoms with Gasteiger partial charge in [-0.1, -0.05) is 91.0 Å². The summed E-state index contributed by atoms with van der Waals surface area (Å²) in [4.78, 5) is 2.36. The molecule has 1 aromatic heterocycles. The molecule has 7 rings (SSSR count). The molecule has 0 aliphatic carbocycles. The molecular weight excluding hydrogens is 438 g/mol. The molecule has 0 spiro atoms. The summed E-state index contributed by atoms with van der Waals surface area (Å²) < 4.78 is 6.49. The quantitative estimate of drug-likeness (QED) is 0.259. The fraction of sp³-hybridized carbons (Fsp3) is 0. The number of hydrogen-bond acceptors (Lipinski definition) is 2. The van der Waals surface area contributed by atoms with Crippen molar-refractivity contribution in [1.29, 1.82) is 0 Å². The van der Waals surface area contributed by atoms with Gasteiger partial charge in [-0.2, -0.15) is 0 Å². The molecule has 0 bridgehead atoms. The van der Waals surface area contributed by atoms with Gasteiger partial charge >= 0.3 is 0 Å². The highest BCUT2D eigenvalue weighted by Crippen LogP contribution is 2.48. The molecule has 0 N–H and O–H groups in total. The normalized spacial score (nSPS) is 11.3. The first-order valence-corrected chi connectivity index (χ1v) is 12.2. The summed E-state index contributed by atoms with van der Waals surface area (Å²) in [6.45, 7) is 0. The van der Waals surface area contributed by atoms with E-state index in [1.807, 2.05) is 0 Å². The predicted molar refractivity (Wildman–Crippen MR) is 151 cm³/mol. The van der Waals surface area contributed by atoms with Crippen molar-refractivity contribution in [2.75, 3.05) is 4.90 Å². The van der Waals surface area contributed by atoms with E-state index in [2.05, 4.69) is 144 Å². The van der Waals surface area contributed by atoms with Crippen LogP contribution in [0.25, 0.3) is 43.8 Å². The van der Waals surface area contributed by atoms with Gasteiger partial charge in [-0.05, 0) is 64.9 Å². The average Bonchev–Trinajstić information content (AvgIpc) is 3.31. The second kappa shape index (κ2) is 8.44. The lowest BCUT2D eigenvalue weighted by molar-refractivity contribution is 0.669. The first kappa shape index (κ1) is 20.5. The van der Waals surface area contributed by atoms with Gasteiger partial charge in [0, 0.05) is 22.3 Å². The Hall–Kier alpha value is -4.82. The van der Waals surface area contributed by atoms with Crippen molar-refractivity contribution >= 4 is 49.8 Å². The van der Waals surface area contributed by atoms with Crippen LogP contribution < -0.4 is 4.90 Å². The Bertz CT molecular complexity index is 1780. The molecule has 0 amide bonds. The molecule has 1 heterocycles. The Labute approximate surface area is 209 Å². The highest BCUT2D eigenvalue weighted by Gasteiger charge is 2.23. The molecule has 0 unspecified atom stereocenters. The molecule has 0 atom stereocenters. The maximum Gasteiger partial charge on any atom is 0.137 e. The smallest absolute Gasteiger partial charge is 0.137 e. The average molecular weight is 462 g/mol. The third-order valence-corrected chi connectivity index (χ3v) is 6.81. The van der Waals surface area contributed by atoms with Gasteiger partial charge in [-0.25, -0.2) is 0 Å². The number of furan rings is 1. The Morgan fingerprint density at radius 3 is 1.67 bits per heavy atom. The molecule has 0 fully saturated rings. The van der Waals surface area contributed by atoms with Gasteiger partial charge < -0.3 is 9.32 Å². The predicted octanol–water partition coefficient (Wildman–Crippen LogP) is 9.88. The number of fused-ring (bicyclic) bond motifs is 4. The van der Waals surface area contributed by atoms with Crippen LogP contribution in [0.15, 0.2) is 144 Å². The van der Waals surface area contributed by atoms with Gasteiger partial charge in [0.1, 0.15) is 11.2 Å². The lowest BCUT2D eigenvalue weighted by Crippen LogP contribution is -2.11. The van der Waals surface area contributed by atoms with Gasteiger partial charge in [0.2, 0.25) is 0 Å². The summed E-state index contributed by atoms with van der Waals surface area (Å²) in [5, 5.41) is 4.62. The molecule has 0 saturated carbocycles. The second-order valence-corrected chi connectivity index (χ2v) is 9.00. The number of nitrogens with zero attached hydrogens (tertiary/aromatic N) is 1. The Morgan fingerprint density at radius 1 is 0.472 bits per heavy atom. The monoisotopic (exact) mass is 461 g/mol. The van der Waals surface area contributed by atoms with Crippen LogP contribution in [0.5, 0.6) is 0 Å². The van der Waals surface area contributed by atoms with Crippen molar-refractivity contribution in [3.8, 4) is 11.1 Å². The minimum absolute atomic E-state index is 0.881. The lowest BCUT2D eigenvalue weighted by atomic mass is 9.97. The van der Waals surface area contributed by atoms with Crippen molar-refractivity contribution < 1.29 is 4.42 Å². The third-order valence-electron chi connectivity index (χ3n) is 6.81. The third kappa shape index (κ3) is 3.35. The number of benzene rings is 6. The molecule has 6 aromatic carbocycles. The highest BCUT2D eigenvalue weighted by atomic mass is 16.3. The molecule has 0 saturated heterocycles. The first-order chi connectivity index (χ1) is 17.9. The lowest BCUT2D eigenvalue weighted by Gasteiger charge is -2.28. The van der Waals surface area contributed by atoms with Crippen molar-refractivity contribution in [3.63, 3.8) is 0 Å². The number of rotatable bonds is 4. The van der Waals surface area contributed by atoms with E-state index >= 15 is 0 Å². The van der Waals surface area contributed by atoms with Gasteiger partial charge in [-0.3, -0.25) is 0 Å². The second-order valence-electron chi connectivity index (χ2n) is 9.00. The molecular formula is C34H23NO. The summed E-state index contributed by atoms with van der Waals surface area (Å²) in [5.74, 6) is 0. The van der Waals surface area contributed by atoms with Crippen LogP contribution in [-0.4, -0.2) is 0 Å². The van der Waals surface area contributed by atoms with Crippen LogP contribution in [0.4, 0.5) is 17.1 Å². The number of para-hydroxylation sites is 2. The topological polar surface area (TPSA) is 16.4 Å². The maximum absolute atomic E-state index is 6.49. The molecule has 36 heavy (non-hydrogen) atoms. The summed E-state index contributed by atoms with van der Waals surface area (Å²) in [7, 11) is 0. The zero-order valence-corrected chi connectivity index (χ0v) is 19.6. The minimum Gasteiger partial charge on any atom is -0.456 e. The number of hydrogen-bond donors (Lipinski definition) is 0. The Balaban J connectivity index is 1.65. The Morgan fingerprint density at radius 2 is 1.03 bits per heavy atom. The van der Waals surface area contributed by atoms with E-state index in [0.717, 1.165) is 44.6 Å². The van der Waals surface area contributed by atoms with E-state index in [0.29, 0.717) is 0 Å². The van der Waals surface area contributed by atoms with Gasteiger partial charge in [-0.15, -0.1) is 0 Å². The van der Waals surface area contributed by atoms with Gasteiger partial charge in [0.15, 0.2) is 0 Å². The van der Waals surface area contributed by atoms with E-state index < -0.39 is 0 Å². The summed E-state index contributed by atoms with van der Waals surface area (Å²) in [6.07, 6.45) is 0. The fourth-order valence-electron chi connectivity index (χ4n) is 5.18. The van der Waals surface area contributed by atoms with E-state index in [1.165, 1.54) is 16.3 Å². The highest BCUT2D eigenvalue weighted by molar-refractivity contribution is 6.19. The largest absolute Gasteiger partial charge is 0.456 e. The standard InChI is InChI=1S/C34H23NO/c1-4-12-24(13-5-1)29-20-21-31-33(30-22-25-14-10-11-15-26(25)23-32(30)36-31)34(29)35(27-16-6-2-7-17-27)28-18-8-3-9-19-28/h1-23H. The van der Waals surface area contributed by atoms with Crippen LogP contribution in [0.1, 0.15) is 0 Å². The van der Waals surface area contributed by atoms with Crippen molar-refractivity contribution in [2.24, 2.45) is 0 Å². The summed E-state index contributed by atoms with van der Waals surface area (Å²) >= 11 is 0. The van der Waals surface area contributed by atoms with Crippen LogP contribution >= 0.6 is 0 Å². The zero-order valence-electron chi connectivity index (χ0n) is 19.6.